The van der Waals surface area contributed by atoms with Gasteiger partial charge in [0.1, 0.15) is 5.82 Å². The van der Waals surface area contributed by atoms with Gasteiger partial charge in [-0.15, -0.1) is 0 Å². The van der Waals surface area contributed by atoms with E-state index in [9.17, 15) is 8.42 Å². The Kier molecular flexibility index (Phi) is 4.10. The monoisotopic (exact) mass is 283 g/mol. The lowest BCUT2D eigenvalue weighted by atomic mass is 9.80. The van der Waals surface area contributed by atoms with Crippen LogP contribution in [-0.4, -0.2) is 19.4 Å². The van der Waals surface area contributed by atoms with Gasteiger partial charge < -0.3 is 5.73 Å². The standard InChI is InChI=1S/C13H21N3O2S/c1-9-3-4-12(10(2)7-9)16-19(17,18)11-5-6-15-13(14)8-11/h5-6,8-10,12,16H,3-4,7H2,1-2H3,(H2,14,15). The number of sulfonamides is 1. The van der Waals surface area contributed by atoms with E-state index in [1.165, 1.54) is 18.3 Å². The minimum absolute atomic E-state index is 0.00981. The SMILES string of the molecule is CC1CCC(NS(=O)(=O)c2ccnc(N)c2)C(C)C1. The second kappa shape index (κ2) is 5.46. The largest absolute Gasteiger partial charge is 0.384 e. The molecule has 1 aromatic heterocycles. The summed E-state index contributed by atoms with van der Waals surface area (Å²) in [7, 11) is -3.50. The summed E-state index contributed by atoms with van der Waals surface area (Å²) in [6.07, 6.45) is 4.43. The van der Waals surface area contributed by atoms with E-state index >= 15 is 0 Å². The molecular formula is C13H21N3O2S. The minimum atomic E-state index is -3.50. The van der Waals surface area contributed by atoms with Crippen molar-refractivity contribution in [3.8, 4) is 0 Å². The molecule has 0 spiro atoms. The molecule has 1 aliphatic carbocycles. The summed E-state index contributed by atoms with van der Waals surface area (Å²) in [4.78, 5) is 4.00. The fourth-order valence-electron chi connectivity index (χ4n) is 2.70. The predicted octanol–water partition coefficient (Wildman–Crippen LogP) is 1.77. The normalized spacial score (nSPS) is 28.2. The average Bonchev–Trinajstić information content (AvgIpc) is 2.33. The van der Waals surface area contributed by atoms with Gasteiger partial charge in [-0.2, -0.15) is 0 Å². The number of aromatic nitrogens is 1. The van der Waals surface area contributed by atoms with Crippen LogP contribution >= 0.6 is 0 Å². The van der Waals surface area contributed by atoms with Gasteiger partial charge in [0.25, 0.3) is 0 Å². The van der Waals surface area contributed by atoms with Crippen LogP contribution in [0.1, 0.15) is 33.1 Å². The van der Waals surface area contributed by atoms with E-state index in [-0.39, 0.29) is 16.8 Å². The van der Waals surface area contributed by atoms with E-state index in [0.717, 1.165) is 19.3 Å². The molecule has 0 radical (unpaired) electrons. The van der Waals surface area contributed by atoms with Gasteiger partial charge in [0.05, 0.1) is 4.90 Å². The van der Waals surface area contributed by atoms with Crippen LogP contribution < -0.4 is 10.5 Å². The van der Waals surface area contributed by atoms with Crippen molar-refractivity contribution in [3.63, 3.8) is 0 Å². The first-order chi connectivity index (χ1) is 8.88. The summed E-state index contributed by atoms with van der Waals surface area (Å²) in [6.45, 7) is 4.31. The lowest BCUT2D eigenvalue weighted by Gasteiger charge is -2.32. The number of hydrogen-bond donors (Lipinski definition) is 2. The highest BCUT2D eigenvalue weighted by Gasteiger charge is 2.29. The molecular weight excluding hydrogens is 262 g/mol. The van der Waals surface area contributed by atoms with Crippen molar-refractivity contribution in [2.75, 3.05) is 5.73 Å². The summed E-state index contributed by atoms with van der Waals surface area (Å²) >= 11 is 0. The summed E-state index contributed by atoms with van der Waals surface area (Å²) in [5.74, 6) is 1.25. The highest BCUT2D eigenvalue weighted by molar-refractivity contribution is 7.89. The van der Waals surface area contributed by atoms with E-state index < -0.39 is 10.0 Å². The van der Waals surface area contributed by atoms with Gasteiger partial charge in [-0.1, -0.05) is 13.8 Å². The van der Waals surface area contributed by atoms with Crippen molar-refractivity contribution < 1.29 is 8.42 Å². The van der Waals surface area contributed by atoms with Crippen LogP contribution in [0.25, 0.3) is 0 Å². The smallest absolute Gasteiger partial charge is 0.241 e. The van der Waals surface area contributed by atoms with Crippen molar-refractivity contribution in [2.45, 2.75) is 44.0 Å². The molecule has 6 heteroatoms. The fourth-order valence-corrected chi connectivity index (χ4v) is 4.10. The quantitative estimate of drug-likeness (QED) is 0.885. The molecule has 5 nitrogen and oxygen atoms in total. The van der Waals surface area contributed by atoms with Crippen LogP contribution in [0.3, 0.4) is 0 Å². The highest BCUT2D eigenvalue weighted by Crippen LogP contribution is 2.29. The molecule has 0 bridgehead atoms. The van der Waals surface area contributed by atoms with Crippen LogP contribution in [0.5, 0.6) is 0 Å². The van der Waals surface area contributed by atoms with Crippen LogP contribution in [-0.2, 0) is 10.0 Å². The van der Waals surface area contributed by atoms with Crippen LogP contribution in [0.2, 0.25) is 0 Å². The second-order valence-electron chi connectivity index (χ2n) is 5.54. The number of nitrogen functional groups attached to an aromatic ring is 1. The summed E-state index contributed by atoms with van der Waals surface area (Å²) in [6, 6.07) is 2.86. The van der Waals surface area contributed by atoms with Gasteiger partial charge in [0.15, 0.2) is 0 Å². The zero-order valence-electron chi connectivity index (χ0n) is 11.3. The molecule has 1 heterocycles. The fraction of sp³-hybridized carbons (Fsp3) is 0.615. The number of pyridine rings is 1. The van der Waals surface area contributed by atoms with Gasteiger partial charge in [-0.25, -0.2) is 18.1 Å². The first-order valence-corrected chi connectivity index (χ1v) is 8.10. The van der Waals surface area contributed by atoms with Crippen molar-refractivity contribution in [2.24, 2.45) is 11.8 Å². The van der Waals surface area contributed by atoms with Crippen molar-refractivity contribution in [3.05, 3.63) is 18.3 Å². The van der Waals surface area contributed by atoms with Crippen molar-refractivity contribution in [1.82, 2.24) is 9.71 Å². The van der Waals surface area contributed by atoms with Crippen LogP contribution in [0, 0.1) is 11.8 Å². The number of hydrogen-bond acceptors (Lipinski definition) is 4. The average molecular weight is 283 g/mol. The maximum Gasteiger partial charge on any atom is 0.241 e. The third kappa shape index (κ3) is 3.45. The number of anilines is 1. The molecule has 1 saturated carbocycles. The molecule has 19 heavy (non-hydrogen) atoms. The van der Waals surface area contributed by atoms with Crippen molar-refractivity contribution in [1.29, 1.82) is 0 Å². The van der Waals surface area contributed by atoms with E-state index in [1.54, 1.807) is 0 Å². The zero-order valence-corrected chi connectivity index (χ0v) is 12.2. The predicted molar refractivity (Wildman–Crippen MR) is 74.9 cm³/mol. The van der Waals surface area contributed by atoms with Gasteiger partial charge in [0, 0.05) is 18.3 Å². The maximum atomic E-state index is 12.3. The van der Waals surface area contributed by atoms with Gasteiger partial charge in [-0.05, 0) is 37.2 Å². The van der Waals surface area contributed by atoms with E-state index in [2.05, 4.69) is 23.6 Å². The topological polar surface area (TPSA) is 85.1 Å². The van der Waals surface area contributed by atoms with E-state index in [4.69, 9.17) is 5.73 Å². The molecule has 3 N–H and O–H groups in total. The summed E-state index contributed by atoms with van der Waals surface area (Å²) in [5.41, 5.74) is 5.53. The number of nitrogens with two attached hydrogens (primary N) is 1. The number of nitrogens with zero attached hydrogens (tertiary/aromatic N) is 1. The Labute approximate surface area is 114 Å². The van der Waals surface area contributed by atoms with Crippen LogP contribution in [0.15, 0.2) is 23.2 Å². The molecule has 0 saturated heterocycles. The lowest BCUT2D eigenvalue weighted by molar-refractivity contribution is 0.249. The molecule has 3 unspecified atom stereocenters. The third-order valence-electron chi connectivity index (χ3n) is 3.80. The Hall–Kier alpha value is -1.14. The zero-order chi connectivity index (χ0) is 14.0. The minimum Gasteiger partial charge on any atom is -0.384 e. The van der Waals surface area contributed by atoms with Gasteiger partial charge in [-0.3, -0.25) is 0 Å². The van der Waals surface area contributed by atoms with E-state index in [1.807, 2.05) is 0 Å². The number of rotatable bonds is 3. The van der Waals surface area contributed by atoms with E-state index in [0.29, 0.717) is 11.8 Å². The summed E-state index contributed by atoms with van der Waals surface area (Å²) < 4.78 is 27.4. The highest BCUT2D eigenvalue weighted by atomic mass is 32.2. The Balaban J connectivity index is 2.13. The molecule has 106 valence electrons. The molecule has 0 amide bonds. The molecule has 0 aliphatic heterocycles. The molecule has 3 atom stereocenters. The van der Waals surface area contributed by atoms with Gasteiger partial charge >= 0.3 is 0 Å². The second-order valence-corrected chi connectivity index (χ2v) is 7.25. The molecule has 1 aromatic rings. The Morgan fingerprint density at radius 3 is 2.74 bits per heavy atom. The van der Waals surface area contributed by atoms with Crippen LogP contribution in [0.4, 0.5) is 5.82 Å². The first kappa shape index (κ1) is 14.3. The van der Waals surface area contributed by atoms with Gasteiger partial charge in [0.2, 0.25) is 10.0 Å². The number of nitrogens with one attached hydrogen (secondary N) is 1. The lowest BCUT2D eigenvalue weighted by Crippen LogP contribution is -2.42. The summed E-state index contributed by atoms with van der Waals surface area (Å²) in [5, 5.41) is 0. The molecule has 1 aliphatic rings. The van der Waals surface area contributed by atoms with Crippen molar-refractivity contribution >= 4 is 15.8 Å². The third-order valence-corrected chi connectivity index (χ3v) is 5.29. The maximum absolute atomic E-state index is 12.3. The Morgan fingerprint density at radius 2 is 2.11 bits per heavy atom. The first-order valence-electron chi connectivity index (χ1n) is 6.62. The molecule has 0 aromatic carbocycles. The molecule has 1 fully saturated rings. The Bertz CT molecular complexity index is 545. The molecule has 2 rings (SSSR count). The Morgan fingerprint density at radius 1 is 1.37 bits per heavy atom.